The molecule has 2 rings (SSSR count). The summed E-state index contributed by atoms with van der Waals surface area (Å²) in [7, 11) is 0. The van der Waals surface area contributed by atoms with Crippen molar-refractivity contribution in [3.8, 4) is 10.7 Å². The minimum Gasteiger partial charge on any atom is -0.339 e. The van der Waals surface area contributed by atoms with E-state index in [1.165, 1.54) is 0 Å². The topological polar surface area (TPSA) is 64.9 Å². The van der Waals surface area contributed by atoms with Gasteiger partial charge in [-0.1, -0.05) is 32.0 Å². The number of nitrogens with two attached hydrogens (primary N) is 1. The SMILES string of the molecule is CC(C)(C)C(N)Cc1nc(-c2cccs2)no1. The van der Waals surface area contributed by atoms with Crippen molar-refractivity contribution < 1.29 is 4.52 Å². The Hall–Kier alpha value is -1.20. The Morgan fingerprint density at radius 1 is 1.47 bits per heavy atom. The van der Waals surface area contributed by atoms with Crippen LogP contribution in [-0.4, -0.2) is 16.2 Å². The molecule has 0 aromatic carbocycles. The minimum atomic E-state index is 0.0131. The highest BCUT2D eigenvalue weighted by atomic mass is 32.1. The molecule has 0 amide bonds. The molecule has 0 bridgehead atoms. The summed E-state index contributed by atoms with van der Waals surface area (Å²) in [5.41, 5.74) is 6.12. The monoisotopic (exact) mass is 251 g/mol. The second-order valence-corrected chi connectivity index (χ2v) is 6.11. The summed E-state index contributed by atoms with van der Waals surface area (Å²) in [6.45, 7) is 6.32. The van der Waals surface area contributed by atoms with Gasteiger partial charge in [-0.25, -0.2) is 0 Å². The van der Waals surface area contributed by atoms with Crippen LogP contribution < -0.4 is 5.73 Å². The molecule has 2 heterocycles. The summed E-state index contributed by atoms with van der Waals surface area (Å²) >= 11 is 1.60. The number of hydrogen-bond acceptors (Lipinski definition) is 5. The number of hydrogen-bond donors (Lipinski definition) is 1. The first-order chi connectivity index (χ1) is 7.97. The maximum absolute atomic E-state index is 6.09. The lowest BCUT2D eigenvalue weighted by atomic mass is 9.85. The van der Waals surface area contributed by atoms with Crippen LogP contribution >= 0.6 is 11.3 Å². The van der Waals surface area contributed by atoms with E-state index in [1.54, 1.807) is 11.3 Å². The van der Waals surface area contributed by atoms with Crippen LogP contribution in [0.25, 0.3) is 10.7 Å². The first-order valence-electron chi connectivity index (χ1n) is 5.59. The highest BCUT2D eigenvalue weighted by Crippen LogP contribution is 2.23. The van der Waals surface area contributed by atoms with Gasteiger partial charge in [0.1, 0.15) is 0 Å². The zero-order chi connectivity index (χ0) is 12.5. The molecule has 0 saturated heterocycles. The van der Waals surface area contributed by atoms with Crippen LogP contribution in [0.1, 0.15) is 26.7 Å². The summed E-state index contributed by atoms with van der Waals surface area (Å²) in [5.74, 6) is 1.26. The van der Waals surface area contributed by atoms with Crippen LogP contribution in [0.2, 0.25) is 0 Å². The zero-order valence-electron chi connectivity index (χ0n) is 10.3. The number of nitrogens with zero attached hydrogens (tertiary/aromatic N) is 2. The summed E-state index contributed by atoms with van der Waals surface area (Å²) in [6.07, 6.45) is 0.613. The normalized spacial score (nSPS) is 13.9. The van der Waals surface area contributed by atoms with Gasteiger partial charge in [0.25, 0.3) is 0 Å². The standard InChI is InChI=1S/C12H17N3OS/c1-12(2,3)9(13)7-10-14-11(15-16-10)8-5-4-6-17-8/h4-6,9H,7,13H2,1-3H3. The second kappa shape index (κ2) is 4.58. The van der Waals surface area contributed by atoms with E-state index in [0.29, 0.717) is 18.1 Å². The van der Waals surface area contributed by atoms with Gasteiger partial charge in [-0.15, -0.1) is 11.3 Å². The smallest absolute Gasteiger partial charge is 0.228 e. The summed E-state index contributed by atoms with van der Waals surface area (Å²) in [5, 5.41) is 5.95. The van der Waals surface area contributed by atoms with E-state index in [4.69, 9.17) is 10.3 Å². The lowest BCUT2D eigenvalue weighted by molar-refractivity contribution is 0.286. The van der Waals surface area contributed by atoms with Crippen molar-refractivity contribution in [2.75, 3.05) is 0 Å². The van der Waals surface area contributed by atoms with Crippen molar-refractivity contribution in [1.82, 2.24) is 10.1 Å². The number of aromatic nitrogens is 2. The maximum Gasteiger partial charge on any atom is 0.228 e. The Bertz CT molecular complexity index is 470. The molecule has 4 nitrogen and oxygen atoms in total. The highest BCUT2D eigenvalue weighted by molar-refractivity contribution is 7.13. The van der Waals surface area contributed by atoms with E-state index in [2.05, 4.69) is 30.9 Å². The Morgan fingerprint density at radius 3 is 2.82 bits per heavy atom. The van der Waals surface area contributed by atoms with Gasteiger partial charge in [0.05, 0.1) is 4.88 Å². The summed E-state index contributed by atoms with van der Waals surface area (Å²) in [6, 6.07) is 3.96. The highest BCUT2D eigenvalue weighted by Gasteiger charge is 2.23. The molecular formula is C12H17N3OS. The fraction of sp³-hybridized carbons (Fsp3) is 0.500. The Morgan fingerprint density at radius 2 is 2.24 bits per heavy atom. The van der Waals surface area contributed by atoms with Crippen molar-refractivity contribution in [1.29, 1.82) is 0 Å². The van der Waals surface area contributed by atoms with E-state index in [9.17, 15) is 0 Å². The van der Waals surface area contributed by atoms with Crippen molar-refractivity contribution in [2.45, 2.75) is 33.2 Å². The van der Waals surface area contributed by atoms with Crippen molar-refractivity contribution in [3.05, 3.63) is 23.4 Å². The predicted octanol–water partition coefficient (Wildman–Crippen LogP) is 2.71. The van der Waals surface area contributed by atoms with Gasteiger partial charge in [0.2, 0.25) is 11.7 Å². The lowest BCUT2D eigenvalue weighted by Gasteiger charge is -2.25. The van der Waals surface area contributed by atoms with E-state index >= 15 is 0 Å². The number of rotatable bonds is 3. The Kier molecular flexibility index (Phi) is 3.31. The predicted molar refractivity (Wildman–Crippen MR) is 68.7 cm³/mol. The van der Waals surface area contributed by atoms with Gasteiger partial charge in [0, 0.05) is 12.5 Å². The molecule has 2 aromatic rings. The molecule has 0 aliphatic heterocycles. The van der Waals surface area contributed by atoms with Crippen LogP contribution in [0.3, 0.4) is 0 Å². The molecule has 0 fully saturated rings. The molecule has 0 aliphatic carbocycles. The fourth-order valence-electron chi connectivity index (χ4n) is 1.34. The van der Waals surface area contributed by atoms with Gasteiger partial charge in [-0.05, 0) is 16.9 Å². The molecule has 0 aliphatic rings. The molecule has 1 atom stereocenters. The van der Waals surface area contributed by atoms with Gasteiger partial charge < -0.3 is 10.3 Å². The van der Waals surface area contributed by atoms with Crippen LogP contribution in [0, 0.1) is 5.41 Å². The van der Waals surface area contributed by atoms with E-state index in [-0.39, 0.29) is 11.5 Å². The average molecular weight is 251 g/mol. The minimum absolute atomic E-state index is 0.0131. The maximum atomic E-state index is 6.09. The Labute approximate surface area is 105 Å². The molecule has 5 heteroatoms. The molecule has 2 N–H and O–H groups in total. The Balaban J connectivity index is 2.09. The zero-order valence-corrected chi connectivity index (χ0v) is 11.1. The summed E-state index contributed by atoms with van der Waals surface area (Å²) in [4.78, 5) is 5.38. The molecule has 92 valence electrons. The molecular weight excluding hydrogens is 234 g/mol. The number of thiophene rings is 1. The van der Waals surface area contributed by atoms with Crippen molar-refractivity contribution in [2.24, 2.45) is 11.1 Å². The van der Waals surface area contributed by atoms with Crippen molar-refractivity contribution >= 4 is 11.3 Å². The van der Waals surface area contributed by atoms with Gasteiger partial charge in [0.15, 0.2) is 0 Å². The second-order valence-electron chi connectivity index (χ2n) is 5.17. The quantitative estimate of drug-likeness (QED) is 0.911. The largest absolute Gasteiger partial charge is 0.339 e. The van der Waals surface area contributed by atoms with E-state index in [0.717, 1.165) is 4.88 Å². The third kappa shape index (κ3) is 2.92. The summed E-state index contributed by atoms with van der Waals surface area (Å²) < 4.78 is 5.22. The molecule has 0 saturated carbocycles. The van der Waals surface area contributed by atoms with Crippen LogP contribution in [-0.2, 0) is 6.42 Å². The third-order valence-electron chi connectivity index (χ3n) is 2.72. The molecule has 2 aromatic heterocycles. The van der Waals surface area contributed by atoms with Gasteiger partial charge in [-0.3, -0.25) is 0 Å². The van der Waals surface area contributed by atoms with Crippen LogP contribution in [0.4, 0.5) is 0 Å². The molecule has 17 heavy (non-hydrogen) atoms. The molecule has 0 radical (unpaired) electrons. The van der Waals surface area contributed by atoms with Crippen molar-refractivity contribution in [3.63, 3.8) is 0 Å². The fourth-order valence-corrected chi connectivity index (χ4v) is 1.99. The first kappa shape index (κ1) is 12.3. The van der Waals surface area contributed by atoms with E-state index in [1.807, 2.05) is 17.5 Å². The molecule has 0 spiro atoms. The lowest BCUT2D eigenvalue weighted by Crippen LogP contribution is -2.36. The van der Waals surface area contributed by atoms with Gasteiger partial charge >= 0.3 is 0 Å². The van der Waals surface area contributed by atoms with Crippen LogP contribution in [0.5, 0.6) is 0 Å². The van der Waals surface area contributed by atoms with E-state index < -0.39 is 0 Å². The average Bonchev–Trinajstić information content (AvgIpc) is 2.83. The van der Waals surface area contributed by atoms with Gasteiger partial charge in [-0.2, -0.15) is 4.98 Å². The first-order valence-corrected chi connectivity index (χ1v) is 6.47. The third-order valence-corrected chi connectivity index (χ3v) is 3.58. The molecule has 1 unspecified atom stereocenters. The van der Waals surface area contributed by atoms with Crippen LogP contribution in [0.15, 0.2) is 22.0 Å².